The molecule has 124 valence electrons. The van der Waals surface area contributed by atoms with E-state index in [-0.39, 0.29) is 29.3 Å². The number of likely N-dealkylation sites (tertiary alicyclic amines) is 1. The van der Waals surface area contributed by atoms with E-state index >= 15 is 0 Å². The van der Waals surface area contributed by atoms with Gasteiger partial charge in [0.25, 0.3) is 5.91 Å². The Morgan fingerprint density at radius 1 is 1.17 bits per heavy atom. The molecule has 1 aromatic carbocycles. The number of aromatic carboxylic acids is 1. The third-order valence-corrected chi connectivity index (χ3v) is 4.01. The first-order chi connectivity index (χ1) is 10.9. The molecule has 2 amide bonds. The van der Waals surface area contributed by atoms with Crippen LogP contribution in [0.4, 0.5) is 0 Å². The predicted octanol–water partition coefficient (Wildman–Crippen LogP) is 1.76. The topological polar surface area (TPSA) is 86.7 Å². The van der Waals surface area contributed by atoms with Gasteiger partial charge in [-0.25, -0.2) is 4.79 Å². The maximum Gasteiger partial charge on any atom is 0.335 e. The van der Waals surface area contributed by atoms with Crippen LogP contribution >= 0.6 is 0 Å². The number of piperidine rings is 1. The van der Waals surface area contributed by atoms with Crippen LogP contribution in [-0.2, 0) is 4.79 Å². The summed E-state index contributed by atoms with van der Waals surface area (Å²) in [4.78, 5) is 36.9. The maximum atomic E-state index is 12.5. The molecular weight excluding hydrogens is 296 g/mol. The Bertz CT molecular complexity index is 604. The number of benzene rings is 1. The fraction of sp³-hybridized carbons (Fsp3) is 0.471. The standard InChI is InChI=1S/C17H22N2O4/c1-11(2)15(20)18-14-6-8-19(9-7-14)16(21)12-4-3-5-13(10-12)17(22)23/h3-5,10-11,14H,6-9H2,1-2H3,(H,18,20)(H,22,23). The lowest BCUT2D eigenvalue weighted by Gasteiger charge is -2.32. The van der Waals surface area contributed by atoms with Crippen LogP contribution in [0.25, 0.3) is 0 Å². The zero-order chi connectivity index (χ0) is 17.0. The van der Waals surface area contributed by atoms with Crippen LogP contribution in [0.15, 0.2) is 24.3 Å². The van der Waals surface area contributed by atoms with Gasteiger partial charge in [0.05, 0.1) is 5.56 Å². The van der Waals surface area contributed by atoms with Crippen LogP contribution in [0.2, 0.25) is 0 Å². The quantitative estimate of drug-likeness (QED) is 0.885. The molecule has 2 rings (SSSR count). The van der Waals surface area contributed by atoms with E-state index in [9.17, 15) is 14.4 Å². The van der Waals surface area contributed by atoms with E-state index < -0.39 is 5.97 Å². The highest BCUT2D eigenvalue weighted by Gasteiger charge is 2.25. The minimum atomic E-state index is -1.05. The Morgan fingerprint density at radius 2 is 1.78 bits per heavy atom. The molecule has 2 N–H and O–H groups in total. The lowest BCUT2D eigenvalue weighted by atomic mass is 10.0. The number of carboxylic acids is 1. The van der Waals surface area contributed by atoms with Crippen molar-refractivity contribution >= 4 is 17.8 Å². The number of carbonyl (C=O) groups excluding carboxylic acids is 2. The Hall–Kier alpha value is -2.37. The van der Waals surface area contributed by atoms with Crippen molar-refractivity contribution < 1.29 is 19.5 Å². The van der Waals surface area contributed by atoms with E-state index in [0.29, 0.717) is 31.5 Å². The SMILES string of the molecule is CC(C)C(=O)NC1CCN(C(=O)c2cccc(C(=O)O)c2)CC1. The van der Waals surface area contributed by atoms with E-state index in [1.54, 1.807) is 17.0 Å². The highest BCUT2D eigenvalue weighted by atomic mass is 16.4. The lowest BCUT2D eigenvalue weighted by Crippen LogP contribution is -2.47. The first kappa shape index (κ1) is 17.0. The molecule has 6 heteroatoms. The number of hydrogen-bond donors (Lipinski definition) is 2. The average Bonchev–Trinajstić information content (AvgIpc) is 2.55. The van der Waals surface area contributed by atoms with Crippen LogP contribution in [-0.4, -0.2) is 46.9 Å². The highest BCUT2D eigenvalue weighted by molar-refractivity contribution is 5.97. The molecule has 6 nitrogen and oxygen atoms in total. The number of nitrogens with one attached hydrogen (secondary N) is 1. The molecule has 1 aliphatic rings. The largest absolute Gasteiger partial charge is 0.478 e. The van der Waals surface area contributed by atoms with Crippen molar-refractivity contribution in [3.05, 3.63) is 35.4 Å². The minimum absolute atomic E-state index is 0.0314. The predicted molar refractivity (Wildman–Crippen MR) is 85.3 cm³/mol. The van der Waals surface area contributed by atoms with Gasteiger partial charge in [0, 0.05) is 30.6 Å². The molecule has 0 aliphatic carbocycles. The molecule has 0 spiro atoms. The van der Waals surface area contributed by atoms with Crippen molar-refractivity contribution in [1.82, 2.24) is 10.2 Å². The summed E-state index contributed by atoms with van der Waals surface area (Å²) >= 11 is 0. The molecule has 1 fully saturated rings. The van der Waals surface area contributed by atoms with E-state index in [1.165, 1.54) is 12.1 Å². The van der Waals surface area contributed by atoms with E-state index in [0.717, 1.165) is 0 Å². The van der Waals surface area contributed by atoms with Crippen molar-refractivity contribution in [3.63, 3.8) is 0 Å². The summed E-state index contributed by atoms with van der Waals surface area (Å²) in [7, 11) is 0. The summed E-state index contributed by atoms with van der Waals surface area (Å²) in [6, 6.07) is 6.16. The van der Waals surface area contributed by atoms with Crippen LogP contribution in [0.5, 0.6) is 0 Å². The summed E-state index contributed by atoms with van der Waals surface area (Å²) in [6.07, 6.45) is 1.42. The van der Waals surface area contributed by atoms with Crippen molar-refractivity contribution in [2.45, 2.75) is 32.7 Å². The summed E-state index contributed by atoms with van der Waals surface area (Å²) in [5.41, 5.74) is 0.490. The van der Waals surface area contributed by atoms with Gasteiger partial charge in [0.1, 0.15) is 0 Å². The van der Waals surface area contributed by atoms with Crippen LogP contribution in [0.3, 0.4) is 0 Å². The van der Waals surface area contributed by atoms with Gasteiger partial charge in [0.15, 0.2) is 0 Å². The Balaban J connectivity index is 1.94. The molecule has 0 bridgehead atoms. The molecule has 1 aliphatic heterocycles. The summed E-state index contributed by atoms with van der Waals surface area (Å²) in [6.45, 7) is 4.81. The van der Waals surface area contributed by atoms with Crippen molar-refractivity contribution in [3.8, 4) is 0 Å². The normalized spacial score (nSPS) is 15.5. The minimum Gasteiger partial charge on any atom is -0.478 e. The number of hydrogen-bond acceptors (Lipinski definition) is 3. The summed E-state index contributed by atoms with van der Waals surface area (Å²) in [5, 5.41) is 12.0. The Labute approximate surface area is 135 Å². The fourth-order valence-corrected chi connectivity index (χ4v) is 2.56. The number of carbonyl (C=O) groups is 3. The van der Waals surface area contributed by atoms with Gasteiger partial charge in [-0.15, -0.1) is 0 Å². The molecule has 23 heavy (non-hydrogen) atoms. The van der Waals surface area contributed by atoms with Gasteiger partial charge in [-0.05, 0) is 31.0 Å². The zero-order valence-electron chi connectivity index (χ0n) is 13.4. The number of amides is 2. The molecular formula is C17H22N2O4. The van der Waals surface area contributed by atoms with Gasteiger partial charge < -0.3 is 15.3 Å². The first-order valence-electron chi connectivity index (χ1n) is 7.81. The average molecular weight is 318 g/mol. The molecule has 1 saturated heterocycles. The maximum absolute atomic E-state index is 12.5. The third-order valence-electron chi connectivity index (χ3n) is 4.01. The van der Waals surface area contributed by atoms with E-state index in [1.807, 2.05) is 13.8 Å². The van der Waals surface area contributed by atoms with Gasteiger partial charge in [-0.2, -0.15) is 0 Å². The second-order valence-corrected chi connectivity index (χ2v) is 6.12. The number of carboxylic acid groups (broad SMARTS) is 1. The van der Waals surface area contributed by atoms with Crippen LogP contribution < -0.4 is 5.32 Å². The molecule has 0 atom stereocenters. The van der Waals surface area contributed by atoms with Crippen molar-refractivity contribution in [2.75, 3.05) is 13.1 Å². The first-order valence-corrected chi connectivity index (χ1v) is 7.81. The lowest BCUT2D eigenvalue weighted by molar-refractivity contribution is -0.124. The molecule has 0 aromatic heterocycles. The van der Waals surface area contributed by atoms with Gasteiger partial charge in [-0.1, -0.05) is 19.9 Å². The number of rotatable bonds is 4. The van der Waals surface area contributed by atoms with Crippen LogP contribution in [0.1, 0.15) is 47.4 Å². The number of nitrogens with zero attached hydrogens (tertiary/aromatic N) is 1. The fourth-order valence-electron chi connectivity index (χ4n) is 2.56. The molecule has 0 unspecified atom stereocenters. The second kappa shape index (κ2) is 7.26. The van der Waals surface area contributed by atoms with Gasteiger partial charge in [0.2, 0.25) is 5.91 Å². The highest BCUT2D eigenvalue weighted by Crippen LogP contribution is 2.15. The monoisotopic (exact) mass is 318 g/mol. The van der Waals surface area contributed by atoms with Crippen LogP contribution in [0, 0.1) is 5.92 Å². The molecule has 1 heterocycles. The van der Waals surface area contributed by atoms with E-state index in [2.05, 4.69) is 5.32 Å². The van der Waals surface area contributed by atoms with Crippen molar-refractivity contribution in [1.29, 1.82) is 0 Å². The molecule has 0 saturated carbocycles. The molecule has 1 aromatic rings. The van der Waals surface area contributed by atoms with E-state index in [4.69, 9.17) is 5.11 Å². The Morgan fingerprint density at radius 3 is 2.35 bits per heavy atom. The smallest absolute Gasteiger partial charge is 0.335 e. The Kier molecular flexibility index (Phi) is 5.36. The van der Waals surface area contributed by atoms with Gasteiger partial charge >= 0.3 is 5.97 Å². The van der Waals surface area contributed by atoms with Gasteiger partial charge in [-0.3, -0.25) is 9.59 Å². The second-order valence-electron chi connectivity index (χ2n) is 6.12. The zero-order valence-corrected chi connectivity index (χ0v) is 13.4. The summed E-state index contributed by atoms with van der Waals surface area (Å²) < 4.78 is 0. The summed E-state index contributed by atoms with van der Waals surface area (Å²) in [5.74, 6) is -1.23. The molecule has 0 radical (unpaired) electrons. The van der Waals surface area contributed by atoms with Crippen molar-refractivity contribution in [2.24, 2.45) is 5.92 Å². The third kappa shape index (κ3) is 4.31.